The molecule has 3 heterocycles. The number of halogens is 1. The fourth-order valence-electron chi connectivity index (χ4n) is 4.80. The molecule has 2 aliphatic rings. The molecule has 34 heavy (non-hydrogen) atoms. The monoisotopic (exact) mass is 486 g/mol. The van der Waals surface area contributed by atoms with Crippen molar-refractivity contribution < 1.29 is 14.6 Å². The van der Waals surface area contributed by atoms with Crippen LogP contribution in [0.5, 0.6) is 0 Å². The Bertz CT molecular complexity index is 981. The Morgan fingerprint density at radius 3 is 3.00 bits per heavy atom. The normalized spacial score (nSPS) is 20.2. The summed E-state index contributed by atoms with van der Waals surface area (Å²) in [6.07, 6.45) is 11.3. The standard InChI is InChI=1S/C26H35ClN4O3/c1-2-18-14-28-16-23(27)22(18)15-30-24(26(32)33)9-11-34-21-12-17(13-21)5-7-20-8-6-19-4-3-10-29-25(19)31-20/h6,8,14,16-17,21,24,30H,2-5,7,9-13,15H2,1H3,(H,29,31)(H,32,33)/t17?,21?,24-/m0/s1. The van der Waals surface area contributed by atoms with Gasteiger partial charge >= 0.3 is 5.97 Å². The molecule has 1 saturated carbocycles. The first-order chi connectivity index (χ1) is 16.5. The number of ether oxygens (including phenoxy) is 1. The zero-order valence-corrected chi connectivity index (χ0v) is 20.6. The van der Waals surface area contributed by atoms with Crippen LogP contribution in [0.25, 0.3) is 0 Å². The Hall–Kier alpha value is -2.22. The number of hydrogen-bond acceptors (Lipinski definition) is 6. The maximum atomic E-state index is 11.7. The molecular formula is C26H35ClN4O3. The van der Waals surface area contributed by atoms with Crippen molar-refractivity contribution >= 4 is 23.4 Å². The molecule has 8 heteroatoms. The minimum absolute atomic E-state index is 0.235. The third-order valence-electron chi connectivity index (χ3n) is 7.01. The lowest BCUT2D eigenvalue weighted by molar-refractivity contribution is -0.140. The zero-order chi connectivity index (χ0) is 23.9. The highest BCUT2D eigenvalue weighted by Crippen LogP contribution is 2.34. The second-order valence-electron chi connectivity index (χ2n) is 9.38. The van der Waals surface area contributed by atoms with Crippen LogP contribution < -0.4 is 10.6 Å². The largest absolute Gasteiger partial charge is 0.480 e. The molecular weight excluding hydrogens is 452 g/mol. The van der Waals surface area contributed by atoms with Crippen LogP contribution in [0, 0.1) is 5.92 Å². The van der Waals surface area contributed by atoms with E-state index in [0.29, 0.717) is 30.5 Å². The third-order valence-corrected chi connectivity index (χ3v) is 7.34. The predicted molar refractivity (Wildman–Crippen MR) is 133 cm³/mol. The number of pyridine rings is 2. The maximum absolute atomic E-state index is 11.7. The number of carboxylic acids is 1. The number of aliphatic carboxylic acids is 1. The number of carboxylic acid groups (broad SMARTS) is 1. The highest BCUT2D eigenvalue weighted by molar-refractivity contribution is 6.31. The molecule has 0 saturated heterocycles. The van der Waals surface area contributed by atoms with E-state index in [2.05, 4.69) is 27.8 Å². The number of nitrogens with one attached hydrogen (secondary N) is 2. The summed E-state index contributed by atoms with van der Waals surface area (Å²) in [4.78, 5) is 20.6. The van der Waals surface area contributed by atoms with E-state index in [1.54, 1.807) is 12.4 Å². The predicted octanol–water partition coefficient (Wildman–Crippen LogP) is 4.41. The minimum atomic E-state index is -0.870. The van der Waals surface area contributed by atoms with E-state index in [0.717, 1.165) is 67.7 Å². The Balaban J connectivity index is 1.14. The number of aromatic nitrogens is 2. The Morgan fingerprint density at radius 1 is 1.35 bits per heavy atom. The Morgan fingerprint density at radius 2 is 2.21 bits per heavy atom. The second-order valence-corrected chi connectivity index (χ2v) is 9.79. The summed E-state index contributed by atoms with van der Waals surface area (Å²) in [6, 6.07) is 3.71. The number of anilines is 1. The van der Waals surface area contributed by atoms with Crippen molar-refractivity contribution in [3.05, 3.63) is 51.9 Å². The molecule has 0 spiro atoms. The number of fused-ring (bicyclic) bond motifs is 1. The summed E-state index contributed by atoms with van der Waals surface area (Å²) >= 11 is 6.27. The van der Waals surface area contributed by atoms with Crippen LogP contribution in [-0.4, -0.2) is 46.3 Å². The smallest absolute Gasteiger partial charge is 0.320 e. The Labute approximate surface area is 206 Å². The molecule has 2 aromatic heterocycles. The van der Waals surface area contributed by atoms with Gasteiger partial charge in [-0.2, -0.15) is 0 Å². The van der Waals surface area contributed by atoms with Gasteiger partial charge in [-0.15, -0.1) is 0 Å². The van der Waals surface area contributed by atoms with Crippen LogP contribution in [0.3, 0.4) is 0 Å². The average molecular weight is 487 g/mol. The van der Waals surface area contributed by atoms with Crippen molar-refractivity contribution in [1.82, 2.24) is 15.3 Å². The van der Waals surface area contributed by atoms with E-state index in [9.17, 15) is 9.90 Å². The molecule has 0 radical (unpaired) electrons. The van der Waals surface area contributed by atoms with Crippen molar-refractivity contribution in [2.75, 3.05) is 18.5 Å². The quantitative estimate of drug-likeness (QED) is 0.409. The fraction of sp³-hybridized carbons (Fsp3) is 0.577. The molecule has 1 aliphatic carbocycles. The molecule has 1 aliphatic heterocycles. The lowest BCUT2D eigenvalue weighted by Crippen LogP contribution is -2.39. The molecule has 0 amide bonds. The van der Waals surface area contributed by atoms with Gasteiger partial charge in [0.2, 0.25) is 0 Å². The number of rotatable bonds is 12. The Kier molecular flexibility index (Phi) is 8.75. The summed E-state index contributed by atoms with van der Waals surface area (Å²) in [5.41, 5.74) is 4.43. The first-order valence-corrected chi connectivity index (χ1v) is 12.8. The number of nitrogens with zero attached hydrogens (tertiary/aromatic N) is 2. The van der Waals surface area contributed by atoms with Crippen molar-refractivity contribution in [2.24, 2.45) is 5.92 Å². The van der Waals surface area contributed by atoms with Gasteiger partial charge in [0.15, 0.2) is 0 Å². The van der Waals surface area contributed by atoms with Crippen molar-refractivity contribution in [1.29, 1.82) is 0 Å². The maximum Gasteiger partial charge on any atom is 0.320 e. The van der Waals surface area contributed by atoms with Gasteiger partial charge in [0.1, 0.15) is 11.9 Å². The molecule has 3 N–H and O–H groups in total. The summed E-state index contributed by atoms with van der Waals surface area (Å²) < 4.78 is 5.97. The zero-order valence-electron chi connectivity index (χ0n) is 19.9. The molecule has 2 aromatic rings. The lowest BCUT2D eigenvalue weighted by atomic mass is 9.79. The number of aryl methyl sites for hydroxylation is 3. The summed E-state index contributed by atoms with van der Waals surface area (Å²) in [7, 11) is 0. The van der Waals surface area contributed by atoms with E-state index >= 15 is 0 Å². The van der Waals surface area contributed by atoms with Gasteiger partial charge in [-0.25, -0.2) is 4.98 Å². The van der Waals surface area contributed by atoms with Crippen LogP contribution in [0.15, 0.2) is 24.5 Å². The van der Waals surface area contributed by atoms with Crippen LogP contribution in [0.1, 0.15) is 61.4 Å². The van der Waals surface area contributed by atoms with E-state index in [1.807, 2.05) is 6.92 Å². The van der Waals surface area contributed by atoms with Crippen LogP contribution in [0.2, 0.25) is 5.02 Å². The summed E-state index contributed by atoms with van der Waals surface area (Å²) in [6.45, 7) is 3.88. The van der Waals surface area contributed by atoms with Gasteiger partial charge in [-0.3, -0.25) is 9.78 Å². The van der Waals surface area contributed by atoms with Gasteiger partial charge in [0.05, 0.1) is 11.1 Å². The molecule has 0 bridgehead atoms. The summed E-state index contributed by atoms with van der Waals surface area (Å²) in [5, 5.41) is 16.7. The van der Waals surface area contributed by atoms with Gasteiger partial charge in [0, 0.05) is 37.8 Å². The van der Waals surface area contributed by atoms with Crippen molar-refractivity contribution in [2.45, 2.75) is 77.0 Å². The fourth-order valence-corrected chi connectivity index (χ4v) is 5.05. The highest BCUT2D eigenvalue weighted by atomic mass is 35.5. The van der Waals surface area contributed by atoms with Crippen LogP contribution in [0.4, 0.5) is 5.82 Å². The summed E-state index contributed by atoms with van der Waals surface area (Å²) in [5.74, 6) is 0.855. The van der Waals surface area contributed by atoms with E-state index in [4.69, 9.17) is 21.3 Å². The van der Waals surface area contributed by atoms with Gasteiger partial charge < -0.3 is 20.5 Å². The molecule has 184 valence electrons. The first kappa shape index (κ1) is 24.9. The van der Waals surface area contributed by atoms with Gasteiger partial charge in [-0.05, 0) is 80.0 Å². The van der Waals surface area contributed by atoms with Crippen LogP contribution in [-0.2, 0) is 35.3 Å². The molecule has 4 rings (SSSR count). The van der Waals surface area contributed by atoms with Gasteiger partial charge in [-0.1, -0.05) is 24.6 Å². The lowest BCUT2D eigenvalue weighted by Gasteiger charge is -2.35. The highest BCUT2D eigenvalue weighted by Gasteiger charge is 2.30. The topological polar surface area (TPSA) is 96.4 Å². The van der Waals surface area contributed by atoms with Crippen molar-refractivity contribution in [3.8, 4) is 0 Å². The van der Waals surface area contributed by atoms with E-state index in [-0.39, 0.29) is 6.10 Å². The average Bonchev–Trinajstić information content (AvgIpc) is 2.82. The molecule has 0 aromatic carbocycles. The van der Waals surface area contributed by atoms with E-state index < -0.39 is 12.0 Å². The van der Waals surface area contributed by atoms with Crippen molar-refractivity contribution in [3.63, 3.8) is 0 Å². The molecule has 0 unspecified atom stereocenters. The minimum Gasteiger partial charge on any atom is -0.480 e. The third kappa shape index (κ3) is 6.46. The molecule has 1 atom stereocenters. The SMILES string of the molecule is CCc1cncc(Cl)c1CN[C@@H](CCOC1CC(CCc2ccc3c(n2)NCCC3)C1)C(=O)O. The van der Waals surface area contributed by atoms with Gasteiger partial charge in [0.25, 0.3) is 0 Å². The first-order valence-electron chi connectivity index (χ1n) is 12.4. The molecule has 7 nitrogen and oxygen atoms in total. The van der Waals surface area contributed by atoms with Crippen LogP contribution >= 0.6 is 11.6 Å². The number of hydrogen-bond donors (Lipinski definition) is 3. The molecule has 1 fully saturated rings. The number of carbonyl (C=O) groups is 1. The van der Waals surface area contributed by atoms with E-state index in [1.165, 1.54) is 12.0 Å². The second kappa shape index (κ2) is 12.0.